The molecule has 0 aliphatic heterocycles. The molecule has 1 unspecified atom stereocenters. The highest BCUT2D eigenvalue weighted by Crippen LogP contribution is 2.25. The van der Waals surface area contributed by atoms with Crippen LogP contribution in [0.1, 0.15) is 27.7 Å². The molecule has 0 aromatic heterocycles. The van der Waals surface area contributed by atoms with E-state index < -0.39 is 5.54 Å². The van der Waals surface area contributed by atoms with Gasteiger partial charge < -0.3 is 16.4 Å². The summed E-state index contributed by atoms with van der Waals surface area (Å²) in [5.74, 6) is -0.145. The van der Waals surface area contributed by atoms with Gasteiger partial charge in [0.1, 0.15) is 0 Å². The van der Waals surface area contributed by atoms with Gasteiger partial charge >= 0.3 is 0 Å². The number of rotatable bonds is 6. The lowest BCUT2D eigenvalue weighted by atomic mass is 10.1. The van der Waals surface area contributed by atoms with E-state index in [4.69, 9.17) is 5.73 Å². The maximum atomic E-state index is 12.1. The molecule has 5 nitrogen and oxygen atoms in total. The highest BCUT2D eigenvalue weighted by atomic mass is 32.2. The molecule has 116 valence electrons. The number of hydrogen-bond donors (Lipinski definition) is 3. The van der Waals surface area contributed by atoms with Gasteiger partial charge in [0.2, 0.25) is 11.8 Å². The van der Waals surface area contributed by atoms with Gasteiger partial charge in [0, 0.05) is 29.6 Å². The van der Waals surface area contributed by atoms with Crippen molar-refractivity contribution in [3.63, 3.8) is 0 Å². The maximum absolute atomic E-state index is 12.1. The molecule has 1 atom stereocenters. The van der Waals surface area contributed by atoms with E-state index in [0.717, 1.165) is 10.6 Å². The Hall–Kier alpha value is -1.53. The molecule has 0 radical (unpaired) electrons. The van der Waals surface area contributed by atoms with E-state index in [9.17, 15) is 9.59 Å². The molecular weight excluding hydrogens is 286 g/mol. The fourth-order valence-electron chi connectivity index (χ4n) is 1.56. The van der Waals surface area contributed by atoms with Crippen LogP contribution in [0.3, 0.4) is 0 Å². The van der Waals surface area contributed by atoms with Crippen molar-refractivity contribution in [3.8, 4) is 0 Å². The summed E-state index contributed by atoms with van der Waals surface area (Å²) in [5.41, 5.74) is 5.95. The Kier molecular flexibility index (Phi) is 6.23. The second kappa shape index (κ2) is 7.47. The van der Waals surface area contributed by atoms with E-state index in [1.165, 1.54) is 18.7 Å². The zero-order valence-corrected chi connectivity index (χ0v) is 13.7. The third-order valence-corrected chi connectivity index (χ3v) is 3.94. The summed E-state index contributed by atoms with van der Waals surface area (Å²) in [6, 6.07) is 7.40. The first-order valence-electron chi connectivity index (χ1n) is 6.80. The van der Waals surface area contributed by atoms with Crippen molar-refractivity contribution in [2.75, 3.05) is 11.9 Å². The summed E-state index contributed by atoms with van der Waals surface area (Å²) < 4.78 is 0. The third kappa shape index (κ3) is 6.18. The summed E-state index contributed by atoms with van der Waals surface area (Å²) >= 11 is 1.46. The highest BCUT2D eigenvalue weighted by Gasteiger charge is 2.22. The molecule has 2 amide bonds. The molecular formula is C15H23N3O2S. The smallest absolute Gasteiger partial charge is 0.233 e. The van der Waals surface area contributed by atoms with Crippen LogP contribution >= 0.6 is 11.8 Å². The molecule has 0 spiro atoms. The van der Waals surface area contributed by atoms with Gasteiger partial charge in [0.15, 0.2) is 0 Å². The Balaban J connectivity index is 2.60. The van der Waals surface area contributed by atoms with Crippen LogP contribution in [0.5, 0.6) is 0 Å². The standard InChI is InChI=1S/C15H23N3O2S/c1-10(14(20)18-15(3,4)9-16)21-13-7-5-12(6-8-13)17-11(2)19/h5-8,10H,9,16H2,1-4H3,(H,17,19)(H,18,20). The first-order chi connectivity index (χ1) is 9.73. The number of nitrogens with two attached hydrogens (primary N) is 1. The van der Waals surface area contributed by atoms with Crippen molar-refractivity contribution in [3.05, 3.63) is 24.3 Å². The molecule has 1 aromatic rings. The minimum absolute atomic E-state index is 0.0404. The number of carbonyl (C=O) groups excluding carboxylic acids is 2. The molecule has 0 fully saturated rings. The Morgan fingerprint density at radius 1 is 1.29 bits per heavy atom. The quantitative estimate of drug-likeness (QED) is 0.702. The van der Waals surface area contributed by atoms with Gasteiger partial charge in [-0.05, 0) is 45.0 Å². The average molecular weight is 309 g/mol. The van der Waals surface area contributed by atoms with Crippen molar-refractivity contribution in [1.29, 1.82) is 0 Å². The SMILES string of the molecule is CC(=O)Nc1ccc(SC(C)C(=O)NC(C)(C)CN)cc1. The summed E-state index contributed by atoms with van der Waals surface area (Å²) in [5, 5.41) is 5.41. The second-order valence-electron chi connectivity index (χ2n) is 5.54. The summed E-state index contributed by atoms with van der Waals surface area (Å²) in [6.45, 7) is 7.50. The third-order valence-electron chi connectivity index (χ3n) is 2.83. The first kappa shape index (κ1) is 17.5. The van der Waals surface area contributed by atoms with Crippen LogP contribution in [0.15, 0.2) is 29.2 Å². The molecule has 4 N–H and O–H groups in total. The van der Waals surface area contributed by atoms with Crippen molar-refractivity contribution in [2.45, 2.75) is 43.4 Å². The van der Waals surface area contributed by atoms with Crippen LogP contribution in [0.25, 0.3) is 0 Å². The topological polar surface area (TPSA) is 84.2 Å². The molecule has 1 rings (SSSR count). The van der Waals surface area contributed by atoms with Crippen LogP contribution in [-0.2, 0) is 9.59 Å². The molecule has 21 heavy (non-hydrogen) atoms. The molecule has 0 saturated carbocycles. The number of nitrogens with one attached hydrogen (secondary N) is 2. The zero-order valence-electron chi connectivity index (χ0n) is 12.9. The molecule has 6 heteroatoms. The fourth-order valence-corrected chi connectivity index (χ4v) is 2.43. The van der Waals surface area contributed by atoms with Crippen molar-refractivity contribution >= 4 is 29.3 Å². The number of hydrogen-bond acceptors (Lipinski definition) is 4. The maximum Gasteiger partial charge on any atom is 0.233 e. The minimum atomic E-state index is -0.402. The van der Waals surface area contributed by atoms with E-state index >= 15 is 0 Å². The summed E-state index contributed by atoms with van der Waals surface area (Å²) in [7, 11) is 0. The Labute approximate surface area is 130 Å². The Bertz CT molecular complexity index is 500. The van der Waals surface area contributed by atoms with Gasteiger partial charge in [0.05, 0.1) is 5.25 Å². The zero-order chi connectivity index (χ0) is 16.0. The normalized spacial score (nSPS) is 12.6. The van der Waals surface area contributed by atoms with Gasteiger partial charge in [0.25, 0.3) is 0 Å². The van der Waals surface area contributed by atoms with Gasteiger partial charge in [-0.3, -0.25) is 9.59 Å². The predicted octanol–water partition coefficient (Wildman–Crippen LogP) is 1.98. The minimum Gasteiger partial charge on any atom is -0.349 e. The molecule has 0 aliphatic rings. The number of carbonyl (C=O) groups is 2. The van der Waals surface area contributed by atoms with Crippen molar-refractivity contribution in [1.82, 2.24) is 5.32 Å². The largest absolute Gasteiger partial charge is 0.349 e. The van der Waals surface area contributed by atoms with Gasteiger partial charge in [-0.15, -0.1) is 11.8 Å². The molecule has 0 saturated heterocycles. The number of thioether (sulfide) groups is 1. The average Bonchev–Trinajstić information content (AvgIpc) is 2.40. The fraction of sp³-hybridized carbons (Fsp3) is 0.467. The van der Waals surface area contributed by atoms with Crippen LogP contribution in [0, 0.1) is 0 Å². The van der Waals surface area contributed by atoms with Gasteiger partial charge in [-0.1, -0.05) is 0 Å². The number of amides is 2. The van der Waals surface area contributed by atoms with E-state index in [0.29, 0.717) is 6.54 Å². The lowest BCUT2D eigenvalue weighted by Gasteiger charge is -2.26. The summed E-state index contributed by atoms with van der Waals surface area (Å²) in [4.78, 5) is 24.0. The summed E-state index contributed by atoms with van der Waals surface area (Å²) in [6.07, 6.45) is 0. The molecule has 0 aliphatic carbocycles. The monoisotopic (exact) mass is 309 g/mol. The van der Waals surface area contributed by atoms with Crippen LogP contribution in [0.4, 0.5) is 5.69 Å². The van der Waals surface area contributed by atoms with Crippen molar-refractivity contribution < 1.29 is 9.59 Å². The lowest BCUT2D eigenvalue weighted by molar-refractivity contribution is -0.121. The highest BCUT2D eigenvalue weighted by molar-refractivity contribution is 8.00. The molecule has 0 heterocycles. The molecule has 1 aromatic carbocycles. The predicted molar refractivity (Wildman–Crippen MR) is 87.3 cm³/mol. The number of anilines is 1. The second-order valence-corrected chi connectivity index (χ2v) is 6.96. The Morgan fingerprint density at radius 3 is 2.33 bits per heavy atom. The van der Waals surface area contributed by atoms with E-state index in [1.807, 2.05) is 45.0 Å². The van der Waals surface area contributed by atoms with Crippen LogP contribution < -0.4 is 16.4 Å². The van der Waals surface area contributed by atoms with Crippen LogP contribution in [-0.4, -0.2) is 29.1 Å². The van der Waals surface area contributed by atoms with Crippen LogP contribution in [0.2, 0.25) is 0 Å². The van der Waals surface area contributed by atoms with Crippen molar-refractivity contribution in [2.24, 2.45) is 5.73 Å². The first-order valence-corrected chi connectivity index (χ1v) is 7.68. The van der Waals surface area contributed by atoms with Gasteiger partial charge in [-0.2, -0.15) is 0 Å². The Morgan fingerprint density at radius 2 is 1.86 bits per heavy atom. The van der Waals surface area contributed by atoms with E-state index in [1.54, 1.807) is 0 Å². The number of benzene rings is 1. The van der Waals surface area contributed by atoms with E-state index in [2.05, 4.69) is 10.6 Å². The lowest BCUT2D eigenvalue weighted by Crippen LogP contribution is -2.51. The van der Waals surface area contributed by atoms with E-state index in [-0.39, 0.29) is 17.1 Å². The molecule has 0 bridgehead atoms. The van der Waals surface area contributed by atoms with Gasteiger partial charge in [-0.25, -0.2) is 0 Å².